The lowest BCUT2D eigenvalue weighted by Gasteiger charge is -2.30. The first kappa shape index (κ1) is 21.7. The van der Waals surface area contributed by atoms with Crippen LogP contribution >= 0.6 is 0 Å². The summed E-state index contributed by atoms with van der Waals surface area (Å²) in [7, 11) is 0. The van der Waals surface area contributed by atoms with Gasteiger partial charge in [0.25, 0.3) is 5.91 Å². The summed E-state index contributed by atoms with van der Waals surface area (Å²) >= 11 is 0. The first-order valence-corrected chi connectivity index (χ1v) is 10.8. The fourth-order valence-corrected chi connectivity index (χ4v) is 4.15. The number of carboxylic acids is 1. The lowest BCUT2D eigenvalue weighted by Crippen LogP contribution is -2.34. The number of rotatable bonds is 6. The van der Waals surface area contributed by atoms with E-state index in [1.54, 1.807) is 41.3 Å². The Balaban J connectivity index is 1.69. The van der Waals surface area contributed by atoms with Crippen LogP contribution in [-0.2, 0) is 19.4 Å². The van der Waals surface area contributed by atoms with E-state index in [-0.39, 0.29) is 29.9 Å². The molecule has 1 N–H and O–H groups in total. The summed E-state index contributed by atoms with van der Waals surface area (Å²) in [6.45, 7) is 2.09. The number of aromatic nitrogens is 1. The highest BCUT2D eigenvalue weighted by atomic mass is 19.1. The van der Waals surface area contributed by atoms with Crippen LogP contribution in [0.5, 0.6) is 0 Å². The third-order valence-corrected chi connectivity index (χ3v) is 6.00. The monoisotopic (exact) mass is 432 g/mol. The molecule has 1 atom stereocenters. The van der Waals surface area contributed by atoms with E-state index in [2.05, 4.69) is 4.98 Å². The zero-order chi connectivity index (χ0) is 22.7. The van der Waals surface area contributed by atoms with E-state index in [4.69, 9.17) is 0 Å². The number of hydrogen-bond donors (Lipinski definition) is 1. The maximum atomic E-state index is 13.6. The molecule has 1 amide bonds. The van der Waals surface area contributed by atoms with Gasteiger partial charge < -0.3 is 10.0 Å². The number of aromatic carboxylic acids is 1. The molecule has 0 saturated carbocycles. The van der Waals surface area contributed by atoms with Crippen molar-refractivity contribution in [3.05, 3.63) is 100 Å². The largest absolute Gasteiger partial charge is 0.478 e. The van der Waals surface area contributed by atoms with Gasteiger partial charge in [-0.25, -0.2) is 14.2 Å². The van der Waals surface area contributed by atoms with Crippen molar-refractivity contribution in [2.75, 3.05) is 0 Å². The molecule has 1 heterocycles. The Morgan fingerprint density at radius 3 is 2.56 bits per heavy atom. The van der Waals surface area contributed by atoms with Gasteiger partial charge in [-0.1, -0.05) is 30.3 Å². The smallest absolute Gasteiger partial charge is 0.335 e. The van der Waals surface area contributed by atoms with Crippen LogP contribution in [-0.4, -0.2) is 26.9 Å². The summed E-state index contributed by atoms with van der Waals surface area (Å²) in [6, 6.07) is 16.0. The van der Waals surface area contributed by atoms with Crippen molar-refractivity contribution in [3.63, 3.8) is 0 Å². The minimum Gasteiger partial charge on any atom is -0.478 e. The fourth-order valence-electron chi connectivity index (χ4n) is 4.15. The Morgan fingerprint density at radius 1 is 1.06 bits per heavy atom. The number of benzene rings is 2. The van der Waals surface area contributed by atoms with Gasteiger partial charge in [0.1, 0.15) is 11.5 Å². The molecule has 164 valence electrons. The van der Waals surface area contributed by atoms with Gasteiger partial charge in [0.15, 0.2) is 0 Å². The average Bonchev–Trinajstić information content (AvgIpc) is 2.82. The Labute approximate surface area is 186 Å². The molecule has 32 heavy (non-hydrogen) atoms. The first-order chi connectivity index (χ1) is 15.4. The molecule has 0 aliphatic heterocycles. The van der Waals surface area contributed by atoms with Crippen LogP contribution in [0.1, 0.15) is 69.0 Å². The highest BCUT2D eigenvalue weighted by Gasteiger charge is 2.25. The third kappa shape index (κ3) is 4.69. The number of amides is 1. The van der Waals surface area contributed by atoms with E-state index in [1.807, 2.05) is 13.0 Å². The maximum Gasteiger partial charge on any atom is 0.335 e. The van der Waals surface area contributed by atoms with Crippen LogP contribution in [0.15, 0.2) is 60.7 Å². The Morgan fingerprint density at radius 2 is 1.81 bits per heavy atom. The highest BCUT2D eigenvalue weighted by Crippen LogP contribution is 2.26. The van der Waals surface area contributed by atoms with Gasteiger partial charge in [-0.05, 0) is 79.6 Å². The molecule has 4 rings (SSSR count). The molecular weight excluding hydrogens is 407 g/mol. The summed E-state index contributed by atoms with van der Waals surface area (Å²) in [5.41, 5.74) is 4.19. The number of carboxylic acid groups (broad SMARTS) is 1. The molecular formula is C26H25FN2O3. The van der Waals surface area contributed by atoms with E-state index in [0.29, 0.717) is 11.3 Å². The second-order valence-corrected chi connectivity index (χ2v) is 8.18. The topological polar surface area (TPSA) is 70.5 Å². The molecule has 1 aliphatic rings. The van der Waals surface area contributed by atoms with Crippen molar-refractivity contribution >= 4 is 11.9 Å². The number of halogens is 1. The van der Waals surface area contributed by atoms with Gasteiger partial charge in [0.2, 0.25) is 0 Å². The number of carbonyl (C=O) groups excluding carboxylic acids is 1. The van der Waals surface area contributed by atoms with Gasteiger partial charge >= 0.3 is 5.97 Å². The van der Waals surface area contributed by atoms with Crippen molar-refractivity contribution in [1.29, 1.82) is 0 Å². The van der Waals surface area contributed by atoms with Gasteiger partial charge in [-0.3, -0.25) is 4.79 Å². The van der Waals surface area contributed by atoms with Crippen molar-refractivity contribution < 1.29 is 19.1 Å². The van der Waals surface area contributed by atoms with Crippen LogP contribution in [0.3, 0.4) is 0 Å². The fraction of sp³-hybridized carbons (Fsp3) is 0.269. The zero-order valence-electron chi connectivity index (χ0n) is 17.9. The molecule has 0 spiro atoms. The predicted molar refractivity (Wildman–Crippen MR) is 119 cm³/mol. The van der Waals surface area contributed by atoms with E-state index in [1.165, 1.54) is 23.8 Å². The van der Waals surface area contributed by atoms with Gasteiger partial charge in [-0.2, -0.15) is 0 Å². The SMILES string of the molecule is CC(c1ccc(F)cc1)N(Cc1cccc(C(=O)O)c1)C(=O)c1ccc2c(n1)CCCC2. The van der Waals surface area contributed by atoms with E-state index in [9.17, 15) is 19.1 Å². The number of hydrogen-bond acceptors (Lipinski definition) is 3. The normalized spacial score (nSPS) is 13.8. The highest BCUT2D eigenvalue weighted by molar-refractivity contribution is 5.93. The second kappa shape index (κ2) is 9.30. The standard InChI is InChI=1S/C26H25FN2O3/c1-17(19-9-12-22(27)13-10-19)29(16-18-5-4-7-21(15-18)26(31)32)25(30)24-14-11-20-6-2-3-8-23(20)28-24/h4-5,7,9-15,17H,2-3,6,8,16H2,1H3,(H,31,32). The molecule has 1 unspecified atom stereocenters. The second-order valence-electron chi connectivity index (χ2n) is 8.18. The van der Waals surface area contributed by atoms with Crippen molar-refractivity contribution in [2.24, 2.45) is 0 Å². The molecule has 2 aromatic carbocycles. The molecule has 1 aromatic heterocycles. The minimum absolute atomic E-state index is 0.163. The lowest BCUT2D eigenvalue weighted by molar-refractivity contribution is 0.0667. The quantitative estimate of drug-likeness (QED) is 0.581. The summed E-state index contributed by atoms with van der Waals surface area (Å²) in [4.78, 5) is 31.3. The molecule has 0 saturated heterocycles. The van der Waals surface area contributed by atoms with E-state index >= 15 is 0 Å². The Kier molecular flexibility index (Phi) is 6.30. The number of carbonyl (C=O) groups is 2. The molecule has 5 nitrogen and oxygen atoms in total. The number of fused-ring (bicyclic) bond motifs is 1. The van der Waals surface area contributed by atoms with Crippen LogP contribution in [0, 0.1) is 5.82 Å². The molecule has 0 fully saturated rings. The summed E-state index contributed by atoms with van der Waals surface area (Å²) in [5.74, 6) is -1.60. The van der Waals surface area contributed by atoms with Crippen molar-refractivity contribution in [3.8, 4) is 0 Å². The van der Waals surface area contributed by atoms with Crippen LogP contribution < -0.4 is 0 Å². The van der Waals surface area contributed by atoms with Crippen LogP contribution in [0.4, 0.5) is 4.39 Å². The zero-order valence-corrected chi connectivity index (χ0v) is 17.9. The van der Waals surface area contributed by atoms with Gasteiger partial charge in [0.05, 0.1) is 11.6 Å². The molecule has 1 aliphatic carbocycles. The number of nitrogens with zero attached hydrogens (tertiary/aromatic N) is 2. The Bertz CT molecular complexity index is 1140. The summed E-state index contributed by atoms with van der Waals surface area (Å²) < 4.78 is 13.5. The van der Waals surface area contributed by atoms with Crippen LogP contribution in [0.2, 0.25) is 0 Å². The Hall–Kier alpha value is -3.54. The van der Waals surface area contributed by atoms with Crippen molar-refractivity contribution in [2.45, 2.75) is 45.2 Å². The van der Waals surface area contributed by atoms with Crippen LogP contribution in [0.25, 0.3) is 0 Å². The summed E-state index contributed by atoms with van der Waals surface area (Å²) in [6.07, 6.45) is 4.05. The van der Waals surface area contributed by atoms with Crippen molar-refractivity contribution in [1.82, 2.24) is 9.88 Å². The molecule has 0 radical (unpaired) electrons. The number of aryl methyl sites for hydroxylation is 2. The maximum absolute atomic E-state index is 13.6. The van der Waals surface area contributed by atoms with Gasteiger partial charge in [-0.15, -0.1) is 0 Å². The third-order valence-electron chi connectivity index (χ3n) is 6.00. The minimum atomic E-state index is -1.02. The van der Waals surface area contributed by atoms with E-state index in [0.717, 1.165) is 36.9 Å². The predicted octanol–water partition coefficient (Wildman–Crippen LogP) is 5.20. The molecule has 0 bridgehead atoms. The molecule has 3 aromatic rings. The summed E-state index contributed by atoms with van der Waals surface area (Å²) in [5, 5.41) is 9.33. The average molecular weight is 432 g/mol. The van der Waals surface area contributed by atoms with E-state index < -0.39 is 5.97 Å². The lowest BCUT2D eigenvalue weighted by atomic mass is 9.95. The number of pyridine rings is 1. The van der Waals surface area contributed by atoms with Gasteiger partial charge in [0, 0.05) is 12.2 Å². The first-order valence-electron chi connectivity index (χ1n) is 10.8. The molecule has 6 heteroatoms.